The van der Waals surface area contributed by atoms with Crippen LogP contribution in [0.5, 0.6) is 0 Å². The van der Waals surface area contributed by atoms with E-state index in [1.807, 2.05) is 0 Å². The second-order valence-electron chi connectivity index (χ2n) is 3.28. The van der Waals surface area contributed by atoms with Crippen molar-refractivity contribution in [3.8, 4) is 0 Å². The van der Waals surface area contributed by atoms with E-state index in [2.05, 4.69) is 0 Å². The van der Waals surface area contributed by atoms with Gasteiger partial charge in [-0.2, -0.15) is 0 Å². The van der Waals surface area contributed by atoms with Gasteiger partial charge in [0.15, 0.2) is 17.5 Å². The maximum absolute atomic E-state index is 12.8. The highest BCUT2D eigenvalue weighted by molar-refractivity contribution is 6.03. The molecular formula is C9H7F3N2O. The fraction of sp³-hybridized carbons (Fsp3) is 0.222. The number of nitrogens with zero attached hydrogens (tertiary/aromatic N) is 1. The van der Waals surface area contributed by atoms with Crippen molar-refractivity contribution in [1.82, 2.24) is 0 Å². The van der Waals surface area contributed by atoms with Gasteiger partial charge in [0.2, 0.25) is 5.91 Å². The minimum absolute atomic E-state index is 0.0156. The lowest BCUT2D eigenvalue weighted by atomic mass is 10.1. The van der Waals surface area contributed by atoms with Gasteiger partial charge in [-0.25, -0.2) is 13.2 Å². The van der Waals surface area contributed by atoms with Crippen LogP contribution in [-0.4, -0.2) is 18.5 Å². The molecule has 6 heteroatoms. The molecule has 2 rings (SSSR count). The van der Waals surface area contributed by atoms with Crippen molar-refractivity contribution >= 4 is 11.6 Å². The predicted molar refractivity (Wildman–Crippen MR) is 46.6 cm³/mol. The van der Waals surface area contributed by atoms with Gasteiger partial charge in [-0.1, -0.05) is 0 Å². The summed E-state index contributed by atoms with van der Waals surface area (Å²) in [7, 11) is 0. The van der Waals surface area contributed by atoms with Crippen LogP contribution in [0.4, 0.5) is 18.9 Å². The monoisotopic (exact) mass is 216 g/mol. The zero-order valence-electron chi connectivity index (χ0n) is 7.51. The Balaban J connectivity index is 2.35. The number of anilines is 1. The SMILES string of the molecule is NC1CN(c2cc(F)c(F)c(F)c2)C1=O. The molecule has 1 aromatic rings. The Labute approximate surface area is 83.3 Å². The van der Waals surface area contributed by atoms with E-state index in [1.165, 1.54) is 0 Å². The number of carbonyl (C=O) groups is 1. The van der Waals surface area contributed by atoms with Crippen molar-refractivity contribution < 1.29 is 18.0 Å². The lowest BCUT2D eigenvalue weighted by Crippen LogP contribution is -2.61. The Kier molecular flexibility index (Phi) is 2.15. The van der Waals surface area contributed by atoms with Crippen molar-refractivity contribution in [1.29, 1.82) is 0 Å². The minimum atomic E-state index is -1.55. The van der Waals surface area contributed by atoms with E-state index in [0.717, 1.165) is 17.0 Å². The molecule has 0 radical (unpaired) electrons. The van der Waals surface area contributed by atoms with Crippen LogP contribution in [0.25, 0.3) is 0 Å². The molecule has 1 unspecified atom stereocenters. The quantitative estimate of drug-likeness (QED) is 0.557. The number of benzene rings is 1. The first-order valence-electron chi connectivity index (χ1n) is 4.22. The van der Waals surface area contributed by atoms with Crippen molar-refractivity contribution in [2.75, 3.05) is 11.4 Å². The molecule has 0 aromatic heterocycles. The highest BCUT2D eigenvalue weighted by Crippen LogP contribution is 2.25. The number of halogens is 3. The van der Waals surface area contributed by atoms with Gasteiger partial charge in [-0.15, -0.1) is 0 Å². The fourth-order valence-electron chi connectivity index (χ4n) is 1.38. The third-order valence-electron chi connectivity index (χ3n) is 2.24. The number of hydrogen-bond acceptors (Lipinski definition) is 2. The Morgan fingerprint density at radius 2 is 1.80 bits per heavy atom. The summed E-state index contributed by atoms with van der Waals surface area (Å²) in [6, 6.07) is 0.894. The van der Waals surface area contributed by atoms with Gasteiger partial charge in [-0.05, 0) is 0 Å². The summed E-state index contributed by atoms with van der Waals surface area (Å²) in [5.41, 5.74) is 5.29. The molecule has 1 saturated heterocycles. The van der Waals surface area contributed by atoms with Crippen LogP contribution in [0.15, 0.2) is 12.1 Å². The zero-order valence-corrected chi connectivity index (χ0v) is 7.51. The van der Waals surface area contributed by atoms with Crippen molar-refractivity contribution in [3.05, 3.63) is 29.6 Å². The largest absolute Gasteiger partial charge is 0.318 e. The first-order valence-corrected chi connectivity index (χ1v) is 4.22. The summed E-state index contributed by atoms with van der Waals surface area (Å²) in [6.07, 6.45) is 0. The summed E-state index contributed by atoms with van der Waals surface area (Å²) in [5, 5.41) is 0. The standard InChI is InChI=1S/C9H7F3N2O/c10-5-1-4(2-6(11)8(5)12)14-3-7(13)9(14)15/h1-2,7H,3,13H2. The van der Waals surface area contributed by atoms with Crippen LogP contribution >= 0.6 is 0 Å². The number of nitrogens with two attached hydrogens (primary N) is 1. The third kappa shape index (κ3) is 1.46. The summed E-state index contributed by atoms with van der Waals surface area (Å²) < 4.78 is 38.2. The van der Waals surface area contributed by atoms with E-state index in [1.54, 1.807) is 0 Å². The van der Waals surface area contributed by atoms with E-state index in [-0.39, 0.29) is 12.2 Å². The minimum Gasteiger partial charge on any atom is -0.318 e. The van der Waals surface area contributed by atoms with Gasteiger partial charge < -0.3 is 10.6 Å². The number of carbonyl (C=O) groups excluding carboxylic acids is 1. The first-order chi connectivity index (χ1) is 7.00. The van der Waals surface area contributed by atoms with Crippen molar-refractivity contribution in [3.63, 3.8) is 0 Å². The molecule has 2 N–H and O–H groups in total. The fourth-order valence-corrected chi connectivity index (χ4v) is 1.38. The van der Waals surface area contributed by atoms with Gasteiger partial charge in [0.25, 0.3) is 0 Å². The van der Waals surface area contributed by atoms with Crippen LogP contribution in [0.2, 0.25) is 0 Å². The summed E-state index contributed by atoms with van der Waals surface area (Å²) in [6.45, 7) is 0.184. The van der Waals surface area contributed by atoms with Gasteiger partial charge in [0, 0.05) is 17.8 Å². The van der Waals surface area contributed by atoms with Gasteiger partial charge >= 0.3 is 0 Å². The van der Waals surface area contributed by atoms with Crippen LogP contribution in [0.1, 0.15) is 0 Å². The third-order valence-corrected chi connectivity index (χ3v) is 2.24. The van der Waals surface area contributed by atoms with E-state index in [0.29, 0.717) is 0 Å². The lowest BCUT2D eigenvalue weighted by Gasteiger charge is -2.36. The average molecular weight is 216 g/mol. The van der Waals surface area contributed by atoms with Crippen LogP contribution in [0.3, 0.4) is 0 Å². The smallest absolute Gasteiger partial charge is 0.245 e. The molecule has 3 nitrogen and oxygen atoms in total. The molecule has 1 aliphatic heterocycles. The molecule has 1 fully saturated rings. The molecule has 1 heterocycles. The zero-order chi connectivity index (χ0) is 11.2. The molecule has 0 saturated carbocycles. The van der Waals surface area contributed by atoms with Gasteiger partial charge in [0.1, 0.15) is 6.04 Å². The van der Waals surface area contributed by atoms with Crippen LogP contribution < -0.4 is 10.6 Å². The maximum Gasteiger partial charge on any atom is 0.245 e. The lowest BCUT2D eigenvalue weighted by molar-refractivity contribution is -0.123. The summed E-state index contributed by atoms with van der Waals surface area (Å²) >= 11 is 0. The number of β-lactam (4-membered cyclic amide) rings is 1. The van der Waals surface area contributed by atoms with Crippen molar-refractivity contribution in [2.24, 2.45) is 5.73 Å². The second-order valence-corrected chi connectivity index (χ2v) is 3.28. The molecule has 0 bridgehead atoms. The summed E-state index contributed by atoms with van der Waals surface area (Å²) in [5.74, 6) is -4.62. The van der Waals surface area contributed by atoms with E-state index in [4.69, 9.17) is 5.73 Å². The molecule has 80 valence electrons. The number of hydrogen-bond donors (Lipinski definition) is 1. The van der Waals surface area contributed by atoms with Gasteiger partial charge in [-0.3, -0.25) is 4.79 Å². The Morgan fingerprint density at radius 1 is 1.27 bits per heavy atom. The van der Waals surface area contributed by atoms with E-state index >= 15 is 0 Å². The Morgan fingerprint density at radius 3 is 2.20 bits per heavy atom. The number of rotatable bonds is 1. The van der Waals surface area contributed by atoms with E-state index < -0.39 is 29.4 Å². The molecule has 15 heavy (non-hydrogen) atoms. The topological polar surface area (TPSA) is 46.3 Å². The second kappa shape index (κ2) is 3.23. The van der Waals surface area contributed by atoms with Crippen molar-refractivity contribution in [2.45, 2.75) is 6.04 Å². The van der Waals surface area contributed by atoms with Crippen LogP contribution in [-0.2, 0) is 4.79 Å². The average Bonchev–Trinajstić information content (AvgIpc) is 2.21. The molecular weight excluding hydrogens is 209 g/mol. The van der Waals surface area contributed by atoms with E-state index in [9.17, 15) is 18.0 Å². The normalized spacial score (nSPS) is 20.4. The maximum atomic E-state index is 12.8. The molecule has 0 aliphatic carbocycles. The van der Waals surface area contributed by atoms with Crippen LogP contribution in [0, 0.1) is 17.5 Å². The Bertz CT molecular complexity index is 412. The first kappa shape index (κ1) is 9.97. The highest BCUT2D eigenvalue weighted by atomic mass is 19.2. The highest BCUT2D eigenvalue weighted by Gasteiger charge is 2.35. The molecule has 1 aliphatic rings. The molecule has 1 aromatic carbocycles. The molecule has 1 amide bonds. The summed E-state index contributed by atoms with van der Waals surface area (Å²) in [4.78, 5) is 12.2. The Hall–Kier alpha value is -1.56. The number of amides is 1. The molecule has 1 atom stereocenters. The molecule has 0 spiro atoms. The van der Waals surface area contributed by atoms with Gasteiger partial charge in [0.05, 0.1) is 6.54 Å². The predicted octanol–water partition coefficient (Wildman–Crippen LogP) is 0.778.